The molecule has 0 amide bonds. The average molecular weight is 753 g/mol. The lowest BCUT2D eigenvalue weighted by atomic mass is 9.95. The number of hydrogen-bond donors (Lipinski definition) is 0. The molecule has 0 radical (unpaired) electrons. The molecule has 4 nitrogen and oxygen atoms in total. The van der Waals surface area contributed by atoms with E-state index in [-0.39, 0.29) is 0 Å². The molecule has 11 rings (SSSR count). The van der Waals surface area contributed by atoms with Gasteiger partial charge in [-0.2, -0.15) is 0 Å². The highest BCUT2D eigenvalue weighted by atomic mass is 15.0. The first-order valence-electron chi connectivity index (χ1n) is 19.9. The Kier molecular flexibility index (Phi) is 8.45. The molecule has 0 unspecified atom stereocenters. The summed E-state index contributed by atoms with van der Waals surface area (Å²) in [7, 11) is 0. The van der Waals surface area contributed by atoms with E-state index in [1.165, 1.54) is 10.8 Å². The third-order valence-electron chi connectivity index (χ3n) is 11.2. The first kappa shape index (κ1) is 34.3. The lowest BCUT2D eigenvalue weighted by Gasteiger charge is -2.13. The smallest absolute Gasteiger partial charge is 0.164 e. The molecule has 2 aromatic heterocycles. The van der Waals surface area contributed by atoms with Crippen molar-refractivity contribution in [3.05, 3.63) is 218 Å². The van der Waals surface area contributed by atoms with Crippen molar-refractivity contribution < 1.29 is 0 Å². The molecule has 9 aromatic carbocycles. The lowest BCUT2D eigenvalue weighted by molar-refractivity contribution is 1.08. The van der Waals surface area contributed by atoms with E-state index >= 15 is 0 Å². The summed E-state index contributed by atoms with van der Waals surface area (Å²) in [5.74, 6) is 1.85. The molecule has 0 bridgehead atoms. The zero-order chi connectivity index (χ0) is 39.1. The Hall–Kier alpha value is -7.95. The standard InChI is InChI=1S/C55H36N4/c1-5-16-37(17-6-1)40-28-30-42(31-29-40)53-56-54(45-35-43(38-18-7-2-8-19-38)34-44(36-45)39-20-9-3-10-21-39)58-55(57-53)49-26-15-27-50-51(49)48-33-32-41-22-13-14-25-47(41)52(48)59(50)46-23-11-4-12-24-46/h1-36H. The number of aromatic nitrogens is 4. The van der Waals surface area contributed by atoms with Crippen molar-refractivity contribution in [1.29, 1.82) is 0 Å². The van der Waals surface area contributed by atoms with Crippen LogP contribution in [0.15, 0.2) is 218 Å². The summed E-state index contributed by atoms with van der Waals surface area (Å²) in [4.78, 5) is 16.0. The number of para-hydroxylation sites is 1. The van der Waals surface area contributed by atoms with Crippen LogP contribution in [0.3, 0.4) is 0 Å². The monoisotopic (exact) mass is 752 g/mol. The average Bonchev–Trinajstić information content (AvgIpc) is 3.68. The Balaban J connectivity index is 1.18. The van der Waals surface area contributed by atoms with E-state index in [0.29, 0.717) is 17.5 Å². The lowest BCUT2D eigenvalue weighted by Crippen LogP contribution is -2.01. The minimum absolute atomic E-state index is 0.612. The van der Waals surface area contributed by atoms with Gasteiger partial charge in [0.1, 0.15) is 0 Å². The van der Waals surface area contributed by atoms with Crippen LogP contribution in [0, 0.1) is 0 Å². The van der Waals surface area contributed by atoms with Crippen LogP contribution in [-0.4, -0.2) is 19.5 Å². The van der Waals surface area contributed by atoms with Crippen molar-refractivity contribution in [2.45, 2.75) is 0 Å². The zero-order valence-corrected chi connectivity index (χ0v) is 32.1. The molecule has 0 atom stereocenters. The fourth-order valence-electron chi connectivity index (χ4n) is 8.41. The highest BCUT2D eigenvalue weighted by Crippen LogP contribution is 2.41. The third kappa shape index (κ3) is 6.24. The normalized spacial score (nSPS) is 11.4. The predicted octanol–water partition coefficient (Wildman–Crippen LogP) is 14.1. The molecule has 276 valence electrons. The number of benzene rings is 9. The van der Waals surface area contributed by atoms with Crippen LogP contribution < -0.4 is 0 Å². The predicted molar refractivity (Wildman–Crippen MR) is 244 cm³/mol. The fourth-order valence-corrected chi connectivity index (χ4v) is 8.41. The molecule has 0 saturated heterocycles. The first-order chi connectivity index (χ1) is 29.2. The Labute approximate surface area is 342 Å². The number of rotatable bonds is 7. The molecule has 4 heteroatoms. The van der Waals surface area contributed by atoms with E-state index in [1.54, 1.807) is 0 Å². The van der Waals surface area contributed by atoms with Crippen molar-refractivity contribution in [2.75, 3.05) is 0 Å². The summed E-state index contributed by atoms with van der Waals surface area (Å²) < 4.78 is 2.39. The van der Waals surface area contributed by atoms with Crippen LogP contribution in [0.1, 0.15) is 0 Å². The maximum absolute atomic E-state index is 5.40. The summed E-state index contributed by atoms with van der Waals surface area (Å²) in [5, 5.41) is 4.63. The van der Waals surface area contributed by atoms with Gasteiger partial charge in [0, 0.05) is 38.5 Å². The van der Waals surface area contributed by atoms with Gasteiger partial charge in [0.2, 0.25) is 0 Å². The molecule has 0 fully saturated rings. The van der Waals surface area contributed by atoms with E-state index in [4.69, 9.17) is 15.0 Å². The quantitative estimate of drug-likeness (QED) is 0.163. The molecular weight excluding hydrogens is 717 g/mol. The molecule has 0 N–H and O–H groups in total. The number of nitrogens with zero attached hydrogens (tertiary/aromatic N) is 4. The SMILES string of the molecule is c1ccc(-c2ccc(-c3nc(-c4cc(-c5ccccc5)cc(-c5ccccc5)c4)nc(-c4cccc5c4c4ccc6ccccc6c4n5-c4ccccc4)n3)cc2)cc1. The Bertz CT molecular complexity index is 3230. The van der Waals surface area contributed by atoms with Gasteiger partial charge in [-0.1, -0.05) is 182 Å². The Morgan fingerprint density at radius 3 is 1.44 bits per heavy atom. The Morgan fingerprint density at radius 2 is 0.797 bits per heavy atom. The van der Waals surface area contributed by atoms with Crippen molar-refractivity contribution >= 4 is 32.6 Å². The van der Waals surface area contributed by atoms with E-state index in [2.05, 4.69) is 217 Å². The molecule has 0 aliphatic heterocycles. The summed E-state index contributed by atoms with van der Waals surface area (Å²) in [6.45, 7) is 0. The van der Waals surface area contributed by atoms with E-state index in [0.717, 1.165) is 77.6 Å². The van der Waals surface area contributed by atoms with E-state index < -0.39 is 0 Å². The molecule has 0 saturated carbocycles. The second-order valence-corrected chi connectivity index (χ2v) is 14.8. The van der Waals surface area contributed by atoms with Gasteiger partial charge in [0.05, 0.1) is 11.0 Å². The van der Waals surface area contributed by atoms with Crippen LogP contribution in [0.5, 0.6) is 0 Å². The van der Waals surface area contributed by atoms with Crippen LogP contribution in [-0.2, 0) is 0 Å². The number of fused-ring (bicyclic) bond motifs is 5. The van der Waals surface area contributed by atoms with Gasteiger partial charge in [-0.25, -0.2) is 15.0 Å². The molecule has 59 heavy (non-hydrogen) atoms. The van der Waals surface area contributed by atoms with Crippen molar-refractivity contribution in [2.24, 2.45) is 0 Å². The Morgan fingerprint density at radius 1 is 0.305 bits per heavy atom. The highest BCUT2D eigenvalue weighted by Gasteiger charge is 2.21. The highest BCUT2D eigenvalue weighted by molar-refractivity contribution is 6.22. The molecule has 0 aliphatic carbocycles. The second kappa shape index (κ2) is 14.5. The van der Waals surface area contributed by atoms with Gasteiger partial charge >= 0.3 is 0 Å². The van der Waals surface area contributed by atoms with Gasteiger partial charge in [0.15, 0.2) is 17.5 Å². The maximum atomic E-state index is 5.40. The largest absolute Gasteiger partial charge is 0.309 e. The van der Waals surface area contributed by atoms with Gasteiger partial charge < -0.3 is 4.57 Å². The summed E-state index contributed by atoms with van der Waals surface area (Å²) >= 11 is 0. The van der Waals surface area contributed by atoms with Gasteiger partial charge in [0.25, 0.3) is 0 Å². The van der Waals surface area contributed by atoms with Crippen LogP contribution in [0.2, 0.25) is 0 Å². The molecule has 0 spiro atoms. The van der Waals surface area contributed by atoms with Crippen LogP contribution >= 0.6 is 0 Å². The topological polar surface area (TPSA) is 43.6 Å². The molecule has 11 aromatic rings. The van der Waals surface area contributed by atoms with Gasteiger partial charge in [-0.05, 0) is 75.2 Å². The minimum atomic E-state index is 0.612. The second-order valence-electron chi connectivity index (χ2n) is 14.8. The summed E-state index contributed by atoms with van der Waals surface area (Å²) in [6, 6.07) is 76.9. The van der Waals surface area contributed by atoms with Crippen molar-refractivity contribution in [3.8, 4) is 73.2 Å². The fraction of sp³-hybridized carbons (Fsp3) is 0. The van der Waals surface area contributed by atoms with Gasteiger partial charge in [-0.3, -0.25) is 0 Å². The molecule has 2 heterocycles. The van der Waals surface area contributed by atoms with E-state index in [1.807, 2.05) is 6.07 Å². The van der Waals surface area contributed by atoms with Crippen LogP contribution in [0.25, 0.3) is 106 Å². The third-order valence-corrected chi connectivity index (χ3v) is 11.2. The maximum Gasteiger partial charge on any atom is 0.164 e. The first-order valence-corrected chi connectivity index (χ1v) is 19.9. The summed E-state index contributed by atoms with van der Waals surface area (Å²) in [5.41, 5.74) is 12.9. The molecular formula is C55H36N4. The van der Waals surface area contributed by atoms with Crippen molar-refractivity contribution in [3.63, 3.8) is 0 Å². The summed E-state index contributed by atoms with van der Waals surface area (Å²) in [6.07, 6.45) is 0. The molecule has 0 aliphatic rings. The minimum Gasteiger partial charge on any atom is -0.309 e. The van der Waals surface area contributed by atoms with Crippen molar-refractivity contribution in [1.82, 2.24) is 19.5 Å². The van der Waals surface area contributed by atoms with Crippen LogP contribution in [0.4, 0.5) is 0 Å². The van der Waals surface area contributed by atoms with E-state index in [9.17, 15) is 0 Å². The number of hydrogen-bond acceptors (Lipinski definition) is 3. The van der Waals surface area contributed by atoms with Gasteiger partial charge in [-0.15, -0.1) is 0 Å². The zero-order valence-electron chi connectivity index (χ0n) is 32.1.